The molecule has 4 aliphatic heterocycles. The monoisotopic (exact) mass is 452 g/mol. The second-order valence-electron chi connectivity index (χ2n) is 9.04. The molecule has 0 saturated carbocycles. The van der Waals surface area contributed by atoms with Crippen LogP contribution in [0.25, 0.3) is 11.1 Å². The van der Waals surface area contributed by atoms with Gasteiger partial charge in [0.2, 0.25) is 0 Å². The van der Waals surface area contributed by atoms with Gasteiger partial charge in [-0.15, -0.1) is 0 Å². The minimum Gasteiger partial charge on any atom is -0.493 e. The molecule has 2 atom stereocenters. The molecule has 2 bridgehead atoms. The quantitative estimate of drug-likeness (QED) is 0.640. The zero-order valence-electron chi connectivity index (χ0n) is 19.1. The molecule has 7 heteroatoms. The smallest absolute Gasteiger partial charge is 0.407 e. The number of fused-ring (bicyclic) bond motifs is 4. The van der Waals surface area contributed by atoms with Gasteiger partial charge >= 0.3 is 6.09 Å². The lowest BCUT2D eigenvalue weighted by Crippen LogP contribution is -2.52. The van der Waals surface area contributed by atoms with Crippen LogP contribution >= 0.6 is 0 Å². The summed E-state index contributed by atoms with van der Waals surface area (Å²) in [6, 6.07) is 14.0. The van der Waals surface area contributed by atoms with E-state index < -0.39 is 0 Å². The maximum absolute atomic E-state index is 12.7. The highest BCUT2D eigenvalue weighted by Crippen LogP contribution is 2.36. The van der Waals surface area contributed by atoms with Crippen molar-refractivity contribution in [2.75, 3.05) is 46.6 Å². The summed E-state index contributed by atoms with van der Waals surface area (Å²) >= 11 is 0. The number of piperidine rings is 3. The molecule has 2 aromatic rings. The summed E-state index contributed by atoms with van der Waals surface area (Å²) in [4.78, 5) is 15.1. The number of benzene rings is 2. The van der Waals surface area contributed by atoms with E-state index in [2.05, 4.69) is 22.3 Å². The molecule has 3 fully saturated rings. The van der Waals surface area contributed by atoms with Crippen molar-refractivity contribution in [3.05, 3.63) is 48.0 Å². The highest BCUT2D eigenvalue weighted by Gasteiger charge is 2.37. The molecule has 0 radical (unpaired) electrons. The van der Waals surface area contributed by atoms with Crippen molar-refractivity contribution in [1.82, 2.24) is 10.2 Å². The van der Waals surface area contributed by atoms with Crippen molar-refractivity contribution in [2.45, 2.75) is 31.4 Å². The van der Waals surface area contributed by atoms with Crippen LogP contribution in [0.5, 0.6) is 11.5 Å². The van der Waals surface area contributed by atoms with E-state index in [-0.39, 0.29) is 18.2 Å². The highest BCUT2D eigenvalue weighted by molar-refractivity contribution is 5.70. The third kappa shape index (κ3) is 5.09. The second-order valence-corrected chi connectivity index (χ2v) is 9.04. The van der Waals surface area contributed by atoms with Crippen molar-refractivity contribution < 1.29 is 23.7 Å². The number of ether oxygens (including phenoxy) is 4. The average Bonchev–Trinajstić information content (AvgIpc) is 2.85. The van der Waals surface area contributed by atoms with E-state index in [1.807, 2.05) is 30.3 Å². The lowest BCUT2D eigenvalue weighted by molar-refractivity contribution is -0.0342. The number of hydrogen-bond donors (Lipinski definition) is 1. The number of rotatable bonds is 7. The molecule has 2 aromatic carbocycles. The molecule has 0 aliphatic carbocycles. The molecule has 1 unspecified atom stereocenters. The Hall–Kier alpha value is -2.77. The molecule has 0 aromatic heterocycles. The zero-order valence-corrected chi connectivity index (χ0v) is 19.1. The van der Waals surface area contributed by atoms with Gasteiger partial charge in [0.1, 0.15) is 24.2 Å². The van der Waals surface area contributed by atoms with Gasteiger partial charge in [0.15, 0.2) is 0 Å². The third-order valence-corrected chi connectivity index (χ3v) is 6.92. The van der Waals surface area contributed by atoms with Gasteiger partial charge in [0.25, 0.3) is 0 Å². The summed E-state index contributed by atoms with van der Waals surface area (Å²) in [6.07, 6.45) is 2.66. The Morgan fingerprint density at radius 1 is 1.09 bits per heavy atom. The first kappa shape index (κ1) is 22.0. The normalized spacial score (nSPS) is 25.6. The van der Waals surface area contributed by atoms with E-state index in [1.165, 1.54) is 0 Å². The van der Waals surface area contributed by atoms with Crippen LogP contribution in [0.4, 0.5) is 4.79 Å². The first-order chi connectivity index (χ1) is 16.2. The summed E-state index contributed by atoms with van der Waals surface area (Å²) in [5.41, 5.74) is 3.08. The Kier molecular flexibility index (Phi) is 6.69. The number of amides is 1. The standard InChI is InChI=1S/C26H32N2O5/c1-30-13-14-31-21-4-2-3-19(15-21)20-5-6-22-23(9-12-32-24(22)16-20)27-26(29)33-25-17-28-10-7-18(25)8-11-28/h2-6,15-16,18,23,25H,7-14,17H2,1H3,(H,27,29)/t23?,25-/m1/s1. The van der Waals surface area contributed by atoms with Gasteiger partial charge in [-0.2, -0.15) is 0 Å². The minimum atomic E-state index is -0.323. The van der Waals surface area contributed by atoms with E-state index >= 15 is 0 Å². The molecule has 33 heavy (non-hydrogen) atoms. The molecule has 4 heterocycles. The number of hydrogen-bond acceptors (Lipinski definition) is 6. The Bertz CT molecular complexity index is 973. The van der Waals surface area contributed by atoms with Crippen LogP contribution < -0.4 is 14.8 Å². The van der Waals surface area contributed by atoms with E-state index in [0.717, 1.165) is 67.1 Å². The SMILES string of the molecule is COCCOc1cccc(-c2ccc3c(c2)OCCC3NC(=O)O[C@@H]2CN3CCC2CC3)c1. The van der Waals surface area contributed by atoms with E-state index in [4.69, 9.17) is 18.9 Å². The van der Waals surface area contributed by atoms with E-state index in [0.29, 0.717) is 25.7 Å². The largest absolute Gasteiger partial charge is 0.493 e. The van der Waals surface area contributed by atoms with Gasteiger partial charge < -0.3 is 24.3 Å². The van der Waals surface area contributed by atoms with Crippen molar-refractivity contribution in [2.24, 2.45) is 5.92 Å². The predicted molar refractivity (Wildman–Crippen MR) is 125 cm³/mol. The number of nitrogens with zero attached hydrogens (tertiary/aromatic N) is 1. The lowest BCUT2D eigenvalue weighted by atomic mass is 9.86. The summed E-state index contributed by atoms with van der Waals surface area (Å²) < 4.78 is 22.6. The first-order valence-corrected chi connectivity index (χ1v) is 11.9. The van der Waals surface area contributed by atoms with Crippen molar-refractivity contribution >= 4 is 6.09 Å². The minimum absolute atomic E-state index is 0.00701. The van der Waals surface area contributed by atoms with Crippen LogP contribution in [0.15, 0.2) is 42.5 Å². The first-order valence-electron chi connectivity index (χ1n) is 11.9. The van der Waals surface area contributed by atoms with Crippen molar-refractivity contribution in [3.63, 3.8) is 0 Å². The summed E-state index contributed by atoms with van der Waals surface area (Å²) in [5.74, 6) is 2.11. The molecule has 1 N–H and O–H groups in total. The summed E-state index contributed by atoms with van der Waals surface area (Å²) in [7, 11) is 1.66. The second kappa shape index (κ2) is 10.0. The fourth-order valence-electron chi connectivity index (χ4n) is 5.09. The Morgan fingerprint density at radius 2 is 1.94 bits per heavy atom. The number of carbonyl (C=O) groups excluding carboxylic acids is 1. The van der Waals surface area contributed by atoms with Crippen LogP contribution in [0.3, 0.4) is 0 Å². The van der Waals surface area contributed by atoms with E-state index in [1.54, 1.807) is 7.11 Å². The van der Waals surface area contributed by atoms with Crippen LogP contribution in [-0.4, -0.2) is 63.7 Å². The van der Waals surface area contributed by atoms with Gasteiger partial charge in [-0.3, -0.25) is 4.90 Å². The van der Waals surface area contributed by atoms with Crippen molar-refractivity contribution in [1.29, 1.82) is 0 Å². The molecule has 7 nitrogen and oxygen atoms in total. The predicted octanol–water partition coefficient (Wildman–Crippen LogP) is 4.02. The molecule has 176 valence electrons. The molecular formula is C26H32N2O5. The number of methoxy groups -OCH3 is 1. The van der Waals surface area contributed by atoms with Crippen LogP contribution in [0, 0.1) is 5.92 Å². The fourth-order valence-corrected chi connectivity index (χ4v) is 5.09. The topological polar surface area (TPSA) is 69.3 Å². The van der Waals surface area contributed by atoms with Gasteiger partial charge in [-0.25, -0.2) is 4.79 Å². The van der Waals surface area contributed by atoms with Gasteiger partial charge in [0, 0.05) is 25.6 Å². The number of nitrogens with one attached hydrogen (secondary N) is 1. The molecule has 4 aliphatic rings. The van der Waals surface area contributed by atoms with E-state index in [9.17, 15) is 4.79 Å². The Morgan fingerprint density at radius 3 is 2.73 bits per heavy atom. The van der Waals surface area contributed by atoms with Gasteiger partial charge in [-0.1, -0.05) is 24.3 Å². The zero-order chi connectivity index (χ0) is 22.6. The summed E-state index contributed by atoms with van der Waals surface area (Å²) in [6.45, 7) is 4.74. The van der Waals surface area contributed by atoms with Crippen LogP contribution in [-0.2, 0) is 9.47 Å². The molecular weight excluding hydrogens is 420 g/mol. The molecule has 3 saturated heterocycles. The Labute approximate surface area is 195 Å². The lowest BCUT2D eigenvalue weighted by Gasteiger charge is -2.44. The Balaban J connectivity index is 1.25. The molecule has 6 rings (SSSR count). The number of carbonyl (C=O) groups is 1. The van der Waals surface area contributed by atoms with Gasteiger partial charge in [-0.05, 0) is 61.2 Å². The maximum atomic E-state index is 12.7. The fraction of sp³-hybridized carbons (Fsp3) is 0.500. The molecule has 0 spiro atoms. The maximum Gasteiger partial charge on any atom is 0.407 e. The number of alkyl carbamates (subject to hydrolysis) is 1. The van der Waals surface area contributed by atoms with Crippen molar-refractivity contribution in [3.8, 4) is 22.6 Å². The van der Waals surface area contributed by atoms with Crippen LogP contribution in [0.2, 0.25) is 0 Å². The third-order valence-electron chi connectivity index (χ3n) is 6.92. The average molecular weight is 453 g/mol. The van der Waals surface area contributed by atoms with Crippen LogP contribution in [0.1, 0.15) is 30.9 Å². The highest BCUT2D eigenvalue weighted by atomic mass is 16.6. The van der Waals surface area contributed by atoms with Gasteiger partial charge in [0.05, 0.1) is 19.3 Å². The summed E-state index contributed by atoms with van der Waals surface area (Å²) in [5, 5.41) is 3.09. The molecule has 1 amide bonds.